The molecule has 1 aliphatic heterocycles. The van der Waals surface area contributed by atoms with Crippen LogP contribution in [0.3, 0.4) is 0 Å². The first-order valence-electron chi connectivity index (χ1n) is 10.7. The predicted octanol–water partition coefficient (Wildman–Crippen LogP) is 4.42. The van der Waals surface area contributed by atoms with Gasteiger partial charge >= 0.3 is 0 Å². The van der Waals surface area contributed by atoms with Crippen LogP contribution >= 0.6 is 11.3 Å². The number of nitrogens with zero attached hydrogens (tertiary/aromatic N) is 5. The molecule has 0 spiro atoms. The van der Waals surface area contributed by atoms with Crippen LogP contribution in [0.2, 0.25) is 0 Å². The molecule has 0 aliphatic carbocycles. The summed E-state index contributed by atoms with van der Waals surface area (Å²) >= 11 is 1.62. The van der Waals surface area contributed by atoms with Gasteiger partial charge in [0.25, 0.3) is 0 Å². The molecule has 158 valence electrons. The molecule has 4 heterocycles. The van der Waals surface area contributed by atoms with Crippen LogP contribution in [-0.4, -0.2) is 43.5 Å². The third-order valence-corrected chi connectivity index (χ3v) is 6.89. The molecule has 1 unspecified atom stereocenters. The first kappa shape index (κ1) is 19.9. The van der Waals surface area contributed by atoms with Crippen LogP contribution in [-0.2, 0) is 11.2 Å². The van der Waals surface area contributed by atoms with Crippen molar-refractivity contribution in [3.05, 3.63) is 69.9 Å². The lowest BCUT2D eigenvalue weighted by molar-refractivity contribution is -0.131. The van der Waals surface area contributed by atoms with Gasteiger partial charge in [-0.05, 0) is 38.8 Å². The van der Waals surface area contributed by atoms with E-state index in [0.29, 0.717) is 13.0 Å². The minimum Gasteiger partial charge on any atom is -0.342 e. The molecule has 0 N–H and O–H groups in total. The molecule has 7 heteroatoms. The number of carbonyl (C=O) groups is 1. The van der Waals surface area contributed by atoms with E-state index in [0.717, 1.165) is 52.0 Å². The van der Waals surface area contributed by atoms with Crippen molar-refractivity contribution >= 4 is 22.9 Å². The van der Waals surface area contributed by atoms with E-state index >= 15 is 0 Å². The Hall–Kier alpha value is -3.06. The summed E-state index contributed by atoms with van der Waals surface area (Å²) in [5.41, 5.74) is 4.08. The number of piperidine rings is 1. The summed E-state index contributed by atoms with van der Waals surface area (Å²) < 4.78 is 2.04. The van der Waals surface area contributed by atoms with Gasteiger partial charge in [0.15, 0.2) is 5.65 Å². The lowest BCUT2D eigenvalue weighted by atomic mass is 9.96. The standard InChI is InChI=1S/C24H25N5OS/c1-16-8-10-18(11-9-16)23-20(31-17(2)25-23)14-22(30)28-12-5-6-19(15-28)24-27-26-21-7-3-4-13-29(21)24/h3-4,7-11,13,19H,5-6,12,14-15H2,1-2H3. The minimum absolute atomic E-state index is 0.163. The van der Waals surface area contributed by atoms with Gasteiger partial charge < -0.3 is 4.90 Å². The fourth-order valence-electron chi connectivity index (χ4n) is 4.33. The third kappa shape index (κ3) is 3.97. The van der Waals surface area contributed by atoms with Gasteiger partial charge in [0.1, 0.15) is 5.82 Å². The van der Waals surface area contributed by atoms with E-state index in [2.05, 4.69) is 41.4 Å². The van der Waals surface area contributed by atoms with Gasteiger partial charge in [-0.15, -0.1) is 21.5 Å². The number of rotatable bonds is 4. The Morgan fingerprint density at radius 1 is 1.13 bits per heavy atom. The molecule has 1 amide bonds. The van der Waals surface area contributed by atoms with E-state index in [1.807, 2.05) is 40.6 Å². The number of carbonyl (C=O) groups excluding carboxylic acids is 1. The fourth-order valence-corrected chi connectivity index (χ4v) is 5.28. The largest absolute Gasteiger partial charge is 0.342 e. The molecule has 6 nitrogen and oxygen atoms in total. The number of hydrogen-bond acceptors (Lipinski definition) is 5. The molecule has 1 saturated heterocycles. The second-order valence-electron chi connectivity index (χ2n) is 8.21. The molecule has 3 aromatic heterocycles. The van der Waals surface area contributed by atoms with E-state index in [1.165, 1.54) is 5.56 Å². The average molecular weight is 432 g/mol. The van der Waals surface area contributed by atoms with E-state index in [4.69, 9.17) is 4.98 Å². The highest BCUT2D eigenvalue weighted by Gasteiger charge is 2.28. The summed E-state index contributed by atoms with van der Waals surface area (Å²) in [6, 6.07) is 14.3. The molecule has 0 saturated carbocycles. The number of aryl methyl sites for hydroxylation is 2. The fraction of sp³-hybridized carbons (Fsp3) is 0.333. The van der Waals surface area contributed by atoms with Crippen LogP contribution in [0, 0.1) is 13.8 Å². The number of aromatic nitrogens is 4. The Morgan fingerprint density at radius 3 is 2.81 bits per heavy atom. The van der Waals surface area contributed by atoms with Gasteiger partial charge in [-0.2, -0.15) is 0 Å². The van der Waals surface area contributed by atoms with E-state index < -0.39 is 0 Å². The van der Waals surface area contributed by atoms with Crippen molar-refractivity contribution in [2.45, 2.75) is 39.0 Å². The maximum absolute atomic E-state index is 13.3. The monoisotopic (exact) mass is 431 g/mol. The molecule has 5 rings (SSSR count). The second-order valence-corrected chi connectivity index (χ2v) is 9.50. The maximum Gasteiger partial charge on any atom is 0.227 e. The smallest absolute Gasteiger partial charge is 0.227 e. The van der Waals surface area contributed by atoms with Gasteiger partial charge in [0, 0.05) is 35.6 Å². The van der Waals surface area contributed by atoms with Gasteiger partial charge in [0.2, 0.25) is 5.91 Å². The Labute approximate surface area is 185 Å². The normalized spacial score (nSPS) is 16.7. The quantitative estimate of drug-likeness (QED) is 0.480. The number of benzene rings is 1. The zero-order valence-corrected chi connectivity index (χ0v) is 18.6. The van der Waals surface area contributed by atoms with Gasteiger partial charge in [-0.1, -0.05) is 35.9 Å². The van der Waals surface area contributed by atoms with Crippen LogP contribution in [0.4, 0.5) is 0 Å². The number of pyridine rings is 1. The summed E-state index contributed by atoms with van der Waals surface area (Å²) in [7, 11) is 0. The number of hydrogen-bond donors (Lipinski definition) is 0. The first-order valence-corrected chi connectivity index (χ1v) is 11.5. The summed E-state index contributed by atoms with van der Waals surface area (Å²) in [5, 5.41) is 9.71. The Balaban J connectivity index is 1.35. The highest BCUT2D eigenvalue weighted by Crippen LogP contribution is 2.31. The molecule has 0 bridgehead atoms. The van der Waals surface area contributed by atoms with E-state index in [1.54, 1.807) is 11.3 Å². The van der Waals surface area contributed by atoms with Crippen molar-refractivity contribution in [1.82, 2.24) is 24.5 Å². The Kier molecular flexibility index (Phi) is 5.28. The number of amides is 1. The molecular formula is C24H25N5OS. The zero-order valence-electron chi connectivity index (χ0n) is 17.8. The maximum atomic E-state index is 13.3. The Morgan fingerprint density at radius 2 is 1.97 bits per heavy atom. The molecule has 0 radical (unpaired) electrons. The number of likely N-dealkylation sites (tertiary alicyclic amines) is 1. The first-order chi connectivity index (χ1) is 15.1. The lowest BCUT2D eigenvalue weighted by Crippen LogP contribution is -2.40. The Bertz CT molecular complexity index is 1230. The van der Waals surface area contributed by atoms with Crippen LogP contribution in [0.5, 0.6) is 0 Å². The number of fused-ring (bicyclic) bond motifs is 1. The molecular weight excluding hydrogens is 406 g/mol. The third-order valence-electron chi connectivity index (χ3n) is 5.92. The highest BCUT2D eigenvalue weighted by molar-refractivity contribution is 7.12. The van der Waals surface area contributed by atoms with Crippen molar-refractivity contribution in [3.8, 4) is 11.3 Å². The van der Waals surface area contributed by atoms with Crippen LogP contribution < -0.4 is 0 Å². The predicted molar refractivity (Wildman–Crippen MR) is 122 cm³/mol. The average Bonchev–Trinajstić information content (AvgIpc) is 3.38. The summed E-state index contributed by atoms with van der Waals surface area (Å²) in [5.74, 6) is 1.31. The van der Waals surface area contributed by atoms with Crippen LogP contribution in [0.1, 0.15) is 40.0 Å². The van der Waals surface area contributed by atoms with Crippen LogP contribution in [0.15, 0.2) is 48.7 Å². The summed E-state index contributed by atoms with van der Waals surface area (Å²) in [6.45, 7) is 5.56. The minimum atomic E-state index is 0.163. The molecule has 1 fully saturated rings. The SMILES string of the molecule is Cc1ccc(-c2nc(C)sc2CC(=O)N2CCCC(c3nnc4ccccn34)C2)cc1. The highest BCUT2D eigenvalue weighted by atomic mass is 32.1. The molecule has 4 aromatic rings. The molecule has 1 aromatic carbocycles. The summed E-state index contributed by atoms with van der Waals surface area (Å²) in [4.78, 5) is 21.0. The summed E-state index contributed by atoms with van der Waals surface area (Å²) in [6.07, 6.45) is 4.39. The molecule has 1 atom stereocenters. The molecule has 31 heavy (non-hydrogen) atoms. The topological polar surface area (TPSA) is 63.4 Å². The van der Waals surface area contributed by atoms with Crippen LogP contribution in [0.25, 0.3) is 16.9 Å². The van der Waals surface area contributed by atoms with Gasteiger partial charge in [-0.25, -0.2) is 4.98 Å². The van der Waals surface area contributed by atoms with Crippen molar-refractivity contribution in [2.24, 2.45) is 0 Å². The zero-order chi connectivity index (χ0) is 21.4. The molecule has 1 aliphatic rings. The number of thiazole rings is 1. The lowest BCUT2D eigenvalue weighted by Gasteiger charge is -2.32. The van der Waals surface area contributed by atoms with Gasteiger partial charge in [0.05, 0.1) is 17.1 Å². The van der Waals surface area contributed by atoms with Crippen molar-refractivity contribution in [2.75, 3.05) is 13.1 Å². The van der Waals surface area contributed by atoms with Crippen molar-refractivity contribution < 1.29 is 4.79 Å². The van der Waals surface area contributed by atoms with E-state index in [-0.39, 0.29) is 11.8 Å². The van der Waals surface area contributed by atoms with Crippen molar-refractivity contribution in [3.63, 3.8) is 0 Å². The van der Waals surface area contributed by atoms with Crippen molar-refractivity contribution in [1.29, 1.82) is 0 Å². The second kappa shape index (κ2) is 8.23. The van der Waals surface area contributed by atoms with E-state index in [9.17, 15) is 4.79 Å². The van der Waals surface area contributed by atoms with Gasteiger partial charge in [-0.3, -0.25) is 9.20 Å².